The average Bonchev–Trinajstić information content (AvgIpc) is 2.78. The number of halogens is 2. The molecule has 0 unspecified atom stereocenters. The van der Waals surface area contributed by atoms with Crippen LogP contribution in [0.25, 0.3) is 10.9 Å². The molecular formula is C22H21F2N5O3. The van der Waals surface area contributed by atoms with Gasteiger partial charge in [-0.3, -0.25) is 23.9 Å². The Bertz CT molecular complexity index is 1200. The Balaban J connectivity index is 1.30. The fraction of sp³-hybridized carbons (Fsp3) is 0.273. The van der Waals surface area contributed by atoms with Crippen molar-refractivity contribution in [3.63, 3.8) is 0 Å². The SMILES string of the molecule is O=C(CN1CCN(C(=O)Cn2cnc3ccc(F)cc3c2=O)CC1)Nc1ccc(F)cc1. The van der Waals surface area contributed by atoms with Crippen LogP contribution in [0.15, 0.2) is 53.6 Å². The molecule has 0 spiro atoms. The van der Waals surface area contributed by atoms with E-state index in [0.29, 0.717) is 37.4 Å². The zero-order valence-electron chi connectivity index (χ0n) is 17.1. The minimum absolute atomic E-state index is 0.122. The van der Waals surface area contributed by atoms with E-state index in [0.717, 1.165) is 6.07 Å². The van der Waals surface area contributed by atoms with Crippen LogP contribution < -0.4 is 10.9 Å². The number of carbonyl (C=O) groups is 2. The van der Waals surface area contributed by atoms with Crippen molar-refractivity contribution in [2.45, 2.75) is 6.54 Å². The molecule has 0 radical (unpaired) electrons. The number of carbonyl (C=O) groups excluding carboxylic acids is 2. The number of piperazine rings is 1. The number of amides is 2. The van der Waals surface area contributed by atoms with Crippen LogP contribution in [0.5, 0.6) is 0 Å². The van der Waals surface area contributed by atoms with Crippen molar-refractivity contribution in [3.8, 4) is 0 Å². The number of rotatable bonds is 5. The molecule has 1 aliphatic rings. The van der Waals surface area contributed by atoms with E-state index in [2.05, 4.69) is 10.3 Å². The molecule has 1 aliphatic heterocycles. The molecule has 1 aromatic heterocycles. The summed E-state index contributed by atoms with van der Waals surface area (Å²) in [5, 5.41) is 2.83. The molecule has 2 heterocycles. The van der Waals surface area contributed by atoms with Crippen LogP contribution in [0, 0.1) is 11.6 Å². The Labute approximate surface area is 182 Å². The maximum atomic E-state index is 13.5. The maximum Gasteiger partial charge on any atom is 0.261 e. The van der Waals surface area contributed by atoms with Gasteiger partial charge in [0.2, 0.25) is 11.8 Å². The molecule has 1 fully saturated rings. The Morgan fingerprint density at radius 2 is 1.62 bits per heavy atom. The lowest BCUT2D eigenvalue weighted by Gasteiger charge is -2.34. The number of benzene rings is 2. The molecule has 4 rings (SSSR count). The number of hydrogen-bond donors (Lipinski definition) is 1. The monoisotopic (exact) mass is 441 g/mol. The van der Waals surface area contributed by atoms with Gasteiger partial charge in [-0.05, 0) is 42.5 Å². The lowest BCUT2D eigenvalue weighted by atomic mass is 10.2. The second-order valence-electron chi connectivity index (χ2n) is 7.55. The molecule has 2 aromatic carbocycles. The van der Waals surface area contributed by atoms with Crippen LogP contribution in [-0.2, 0) is 16.1 Å². The first kappa shape index (κ1) is 21.6. The van der Waals surface area contributed by atoms with Gasteiger partial charge in [-0.15, -0.1) is 0 Å². The van der Waals surface area contributed by atoms with E-state index in [1.54, 1.807) is 4.90 Å². The largest absolute Gasteiger partial charge is 0.339 e. The molecular weight excluding hydrogens is 420 g/mol. The molecule has 2 amide bonds. The zero-order valence-corrected chi connectivity index (χ0v) is 17.1. The fourth-order valence-corrected chi connectivity index (χ4v) is 3.58. The number of aromatic nitrogens is 2. The predicted molar refractivity (Wildman–Crippen MR) is 114 cm³/mol. The van der Waals surface area contributed by atoms with Crippen LogP contribution >= 0.6 is 0 Å². The molecule has 1 saturated heterocycles. The van der Waals surface area contributed by atoms with E-state index >= 15 is 0 Å². The normalized spacial score (nSPS) is 14.5. The summed E-state index contributed by atoms with van der Waals surface area (Å²) in [5.41, 5.74) is 0.408. The number of fused-ring (bicyclic) bond motifs is 1. The Morgan fingerprint density at radius 3 is 2.34 bits per heavy atom. The van der Waals surface area contributed by atoms with Crippen molar-refractivity contribution in [1.29, 1.82) is 0 Å². The first-order valence-corrected chi connectivity index (χ1v) is 10.1. The zero-order chi connectivity index (χ0) is 22.7. The van der Waals surface area contributed by atoms with Crippen molar-refractivity contribution in [1.82, 2.24) is 19.4 Å². The number of anilines is 1. The van der Waals surface area contributed by atoms with Gasteiger partial charge in [0.25, 0.3) is 5.56 Å². The highest BCUT2D eigenvalue weighted by atomic mass is 19.1. The van der Waals surface area contributed by atoms with Gasteiger partial charge in [-0.2, -0.15) is 0 Å². The molecule has 32 heavy (non-hydrogen) atoms. The second-order valence-corrected chi connectivity index (χ2v) is 7.55. The third-order valence-corrected chi connectivity index (χ3v) is 5.31. The van der Waals surface area contributed by atoms with Gasteiger partial charge in [0.05, 0.1) is 23.8 Å². The summed E-state index contributed by atoms with van der Waals surface area (Å²) in [6, 6.07) is 9.28. The average molecular weight is 441 g/mol. The number of hydrogen-bond acceptors (Lipinski definition) is 5. The van der Waals surface area contributed by atoms with Gasteiger partial charge in [0.15, 0.2) is 0 Å². The van der Waals surface area contributed by atoms with Crippen LogP contribution in [-0.4, -0.2) is 63.9 Å². The minimum atomic E-state index is -0.542. The highest BCUT2D eigenvalue weighted by Gasteiger charge is 2.23. The van der Waals surface area contributed by atoms with Crippen molar-refractivity contribution >= 4 is 28.4 Å². The highest BCUT2D eigenvalue weighted by molar-refractivity contribution is 5.92. The van der Waals surface area contributed by atoms with Crippen LogP contribution in [0.2, 0.25) is 0 Å². The van der Waals surface area contributed by atoms with Gasteiger partial charge in [0, 0.05) is 31.9 Å². The molecule has 166 valence electrons. The van der Waals surface area contributed by atoms with E-state index in [1.807, 2.05) is 4.90 Å². The predicted octanol–water partition coefficient (Wildman–Crippen LogP) is 1.46. The molecule has 0 aliphatic carbocycles. The second kappa shape index (κ2) is 9.23. The van der Waals surface area contributed by atoms with Gasteiger partial charge in [0.1, 0.15) is 18.2 Å². The molecule has 1 N–H and O–H groups in total. The first-order valence-electron chi connectivity index (χ1n) is 10.1. The van der Waals surface area contributed by atoms with E-state index in [4.69, 9.17) is 0 Å². The van der Waals surface area contributed by atoms with E-state index in [-0.39, 0.29) is 36.1 Å². The molecule has 0 saturated carbocycles. The van der Waals surface area contributed by atoms with Crippen molar-refractivity contribution < 1.29 is 18.4 Å². The summed E-state index contributed by atoms with van der Waals surface area (Å²) < 4.78 is 27.6. The smallest absolute Gasteiger partial charge is 0.261 e. The molecule has 8 nitrogen and oxygen atoms in total. The molecule has 0 bridgehead atoms. The summed E-state index contributed by atoms with van der Waals surface area (Å²) in [7, 11) is 0. The van der Waals surface area contributed by atoms with Crippen LogP contribution in [0.1, 0.15) is 0 Å². The summed E-state index contributed by atoms with van der Waals surface area (Å²) in [5.74, 6) is -1.39. The topological polar surface area (TPSA) is 87.5 Å². The van der Waals surface area contributed by atoms with Gasteiger partial charge in [-0.25, -0.2) is 13.8 Å². The first-order chi connectivity index (χ1) is 15.4. The number of nitrogens with zero attached hydrogens (tertiary/aromatic N) is 4. The molecule has 0 atom stereocenters. The van der Waals surface area contributed by atoms with Gasteiger partial charge in [-0.1, -0.05) is 0 Å². The van der Waals surface area contributed by atoms with E-state index in [9.17, 15) is 23.2 Å². The Kier molecular flexibility index (Phi) is 6.22. The van der Waals surface area contributed by atoms with Crippen LogP contribution in [0.4, 0.5) is 14.5 Å². The van der Waals surface area contributed by atoms with Crippen molar-refractivity contribution in [3.05, 3.63) is 70.8 Å². The molecule has 10 heteroatoms. The van der Waals surface area contributed by atoms with Crippen molar-refractivity contribution in [2.75, 3.05) is 38.0 Å². The highest BCUT2D eigenvalue weighted by Crippen LogP contribution is 2.10. The maximum absolute atomic E-state index is 13.5. The van der Waals surface area contributed by atoms with Crippen molar-refractivity contribution in [2.24, 2.45) is 0 Å². The van der Waals surface area contributed by atoms with E-state index < -0.39 is 11.4 Å². The van der Waals surface area contributed by atoms with Gasteiger partial charge < -0.3 is 10.2 Å². The Hall–Kier alpha value is -3.66. The third-order valence-electron chi connectivity index (χ3n) is 5.31. The third kappa shape index (κ3) is 4.97. The summed E-state index contributed by atoms with van der Waals surface area (Å²) in [6.07, 6.45) is 1.29. The summed E-state index contributed by atoms with van der Waals surface area (Å²) >= 11 is 0. The fourth-order valence-electron chi connectivity index (χ4n) is 3.58. The quantitative estimate of drug-likeness (QED) is 0.648. The van der Waals surface area contributed by atoms with E-state index in [1.165, 1.54) is 47.3 Å². The summed E-state index contributed by atoms with van der Waals surface area (Å²) in [6.45, 7) is 1.78. The summed E-state index contributed by atoms with van der Waals surface area (Å²) in [4.78, 5) is 45.1. The number of nitrogens with one attached hydrogen (secondary N) is 1. The molecule has 3 aromatic rings. The lowest BCUT2D eigenvalue weighted by molar-refractivity contribution is -0.133. The Morgan fingerprint density at radius 1 is 0.938 bits per heavy atom. The van der Waals surface area contributed by atoms with Gasteiger partial charge >= 0.3 is 0 Å². The minimum Gasteiger partial charge on any atom is -0.339 e. The van der Waals surface area contributed by atoms with Crippen LogP contribution in [0.3, 0.4) is 0 Å². The standard InChI is InChI=1S/C22H21F2N5O3/c23-15-1-4-17(5-2-15)26-20(30)12-27-7-9-28(10-8-27)21(31)13-29-14-25-19-6-3-16(24)11-18(19)22(29)32/h1-6,11,14H,7-10,12-13H2,(H,26,30). The lowest BCUT2D eigenvalue weighted by Crippen LogP contribution is -2.51.